The Morgan fingerprint density at radius 1 is 1.21 bits per heavy atom. The van der Waals surface area contributed by atoms with E-state index in [2.05, 4.69) is 30.0 Å². The van der Waals surface area contributed by atoms with E-state index in [-0.39, 0.29) is 0 Å². The molecule has 2 atom stereocenters. The van der Waals surface area contributed by atoms with Gasteiger partial charge in [0.05, 0.1) is 7.11 Å². The first-order chi connectivity index (χ1) is 9.31. The number of hydrogen-bond donors (Lipinski definition) is 0. The standard InChI is InChI=1S/C17H25NO/c1-3-9-18-15-7-8-16(18)11-14(10-15)13-5-4-6-17(12-13)19-2/h4-6,12,14-16H,3,7-11H2,1-2H3/t15-,16-/m0/s1. The fraction of sp³-hybridized carbons (Fsp3) is 0.647. The number of rotatable bonds is 4. The SMILES string of the molecule is CCCN1[C@H]2CC[C@H]1CC(c1cccc(OC)c1)C2. The van der Waals surface area contributed by atoms with Crippen LogP contribution in [0.15, 0.2) is 24.3 Å². The van der Waals surface area contributed by atoms with Gasteiger partial charge in [0.15, 0.2) is 0 Å². The average Bonchev–Trinajstić information content (AvgIpc) is 2.70. The minimum absolute atomic E-state index is 0.737. The normalized spacial score (nSPS) is 30.5. The van der Waals surface area contributed by atoms with Crippen molar-refractivity contribution in [3.63, 3.8) is 0 Å². The molecule has 0 unspecified atom stereocenters. The maximum atomic E-state index is 5.36. The molecule has 0 saturated carbocycles. The van der Waals surface area contributed by atoms with Gasteiger partial charge in [-0.25, -0.2) is 0 Å². The van der Waals surface area contributed by atoms with Gasteiger partial charge in [-0.3, -0.25) is 4.90 Å². The van der Waals surface area contributed by atoms with Crippen LogP contribution < -0.4 is 4.74 Å². The highest BCUT2D eigenvalue weighted by atomic mass is 16.5. The molecule has 19 heavy (non-hydrogen) atoms. The molecule has 2 nitrogen and oxygen atoms in total. The molecule has 1 aromatic rings. The van der Waals surface area contributed by atoms with Crippen molar-refractivity contribution in [2.75, 3.05) is 13.7 Å². The number of ether oxygens (including phenoxy) is 1. The molecule has 0 spiro atoms. The van der Waals surface area contributed by atoms with Crippen LogP contribution >= 0.6 is 0 Å². The second-order valence-corrected chi connectivity index (χ2v) is 6.07. The quantitative estimate of drug-likeness (QED) is 0.815. The predicted molar refractivity (Wildman–Crippen MR) is 78.8 cm³/mol. The second-order valence-electron chi connectivity index (χ2n) is 6.07. The van der Waals surface area contributed by atoms with Gasteiger partial charge in [-0.15, -0.1) is 0 Å². The monoisotopic (exact) mass is 259 g/mol. The van der Waals surface area contributed by atoms with Crippen molar-refractivity contribution < 1.29 is 4.74 Å². The Balaban J connectivity index is 1.75. The van der Waals surface area contributed by atoms with Gasteiger partial charge < -0.3 is 4.74 Å². The summed E-state index contributed by atoms with van der Waals surface area (Å²) in [6.07, 6.45) is 6.78. The first-order valence-corrected chi connectivity index (χ1v) is 7.71. The highest BCUT2D eigenvalue weighted by Crippen LogP contribution is 2.43. The van der Waals surface area contributed by atoms with Crippen molar-refractivity contribution in [2.24, 2.45) is 0 Å². The van der Waals surface area contributed by atoms with Gasteiger partial charge in [-0.2, -0.15) is 0 Å². The van der Waals surface area contributed by atoms with Crippen molar-refractivity contribution >= 4 is 0 Å². The summed E-state index contributed by atoms with van der Waals surface area (Å²) in [6, 6.07) is 10.4. The molecule has 0 amide bonds. The molecular formula is C17H25NO. The molecule has 0 aromatic heterocycles. The van der Waals surface area contributed by atoms with Gasteiger partial charge in [-0.1, -0.05) is 19.1 Å². The molecule has 2 heterocycles. The molecule has 0 N–H and O–H groups in total. The van der Waals surface area contributed by atoms with Crippen LogP contribution in [0.25, 0.3) is 0 Å². The lowest BCUT2D eigenvalue weighted by Gasteiger charge is -2.39. The minimum Gasteiger partial charge on any atom is -0.497 e. The molecule has 2 saturated heterocycles. The highest BCUT2D eigenvalue weighted by molar-refractivity contribution is 5.31. The molecule has 2 heteroatoms. The molecule has 0 radical (unpaired) electrons. The van der Waals surface area contributed by atoms with E-state index in [0.717, 1.165) is 23.8 Å². The van der Waals surface area contributed by atoms with E-state index in [1.54, 1.807) is 7.11 Å². The smallest absolute Gasteiger partial charge is 0.119 e. The van der Waals surface area contributed by atoms with Crippen LogP contribution in [0.4, 0.5) is 0 Å². The highest BCUT2D eigenvalue weighted by Gasteiger charge is 2.40. The van der Waals surface area contributed by atoms with Crippen molar-refractivity contribution in [3.05, 3.63) is 29.8 Å². The van der Waals surface area contributed by atoms with Gasteiger partial charge in [0.2, 0.25) is 0 Å². The van der Waals surface area contributed by atoms with Gasteiger partial charge in [0.1, 0.15) is 5.75 Å². The Hall–Kier alpha value is -1.02. The van der Waals surface area contributed by atoms with E-state index in [4.69, 9.17) is 4.74 Å². The van der Waals surface area contributed by atoms with Crippen LogP contribution in [0.1, 0.15) is 50.5 Å². The van der Waals surface area contributed by atoms with Gasteiger partial charge in [0.25, 0.3) is 0 Å². The topological polar surface area (TPSA) is 12.5 Å². The zero-order valence-electron chi connectivity index (χ0n) is 12.1. The average molecular weight is 259 g/mol. The molecule has 0 aliphatic carbocycles. The van der Waals surface area contributed by atoms with E-state index in [9.17, 15) is 0 Å². The third-order valence-electron chi connectivity index (χ3n) is 4.93. The maximum Gasteiger partial charge on any atom is 0.119 e. The first-order valence-electron chi connectivity index (χ1n) is 7.71. The van der Waals surface area contributed by atoms with E-state index in [1.165, 1.54) is 44.2 Å². The van der Waals surface area contributed by atoms with Gasteiger partial charge in [0, 0.05) is 12.1 Å². The second kappa shape index (κ2) is 5.54. The Bertz CT molecular complexity index is 417. The van der Waals surface area contributed by atoms with Gasteiger partial charge >= 0.3 is 0 Å². The lowest BCUT2D eigenvalue weighted by Crippen LogP contribution is -2.42. The molecule has 3 rings (SSSR count). The van der Waals surface area contributed by atoms with E-state index in [1.807, 2.05) is 6.07 Å². The van der Waals surface area contributed by atoms with E-state index in [0.29, 0.717) is 0 Å². The van der Waals surface area contributed by atoms with Crippen LogP contribution in [-0.2, 0) is 0 Å². The van der Waals surface area contributed by atoms with Crippen molar-refractivity contribution in [1.29, 1.82) is 0 Å². The number of piperidine rings is 1. The summed E-state index contributed by atoms with van der Waals surface area (Å²) >= 11 is 0. The van der Waals surface area contributed by atoms with Crippen LogP contribution in [0.3, 0.4) is 0 Å². The third kappa shape index (κ3) is 2.51. The number of hydrogen-bond acceptors (Lipinski definition) is 2. The Morgan fingerprint density at radius 3 is 2.58 bits per heavy atom. The summed E-state index contributed by atoms with van der Waals surface area (Å²) in [7, 11) is 1.76. The lowest BCUT2D eigenvalue weighted by atomic mass is 9.85. The van der Waals surface area contributed by atoms with E-state index < -0.39 is 0 Å². The summed E-state index contributed by atoms with van der Waals surface area (Å²) in [5.41, 5.74) is 1.48. The molecule has 2 fully saturated rings. The van der Waals surface area contributed by atoms with Crippen molar-refractivity contribution in [3.8, 4) is 5.75 Å². The third-order valence-corrected chi connectivity index (χ3v) is 4.93. The molecule has 2 aliphatic heterocycles. The fourth-order valence-corrected chi connectivity index (χ4v) is 4.07. The summed E-state index contributed by atoms with van der Waals surface area (Å²) < 4.78 is 5.36. The number of methoxy groups -OCH3 is 1. The zero-order chi connectivity index (χ0) is 13.2. The summed E-state index contributed by atoms with van der Waals surface area (Å²) in [4.78, 5) is 2.77. The number of fused-ring (bicyclic) bond motifs is 2. The summed E-state index contributed by atoms with van der Waals surface area (Å²) in [5, 5.41) is 0. The van der Waals surface area contributed by atoms with Crippen molar-refractivity contribution in [1.82, 2.24) is 4.90 Å². The summed E-state index contributed by atoms with van der Waals surface area (Å²) in [5.74, 6) is 1.74. The zero-order valence-corrected chi connectivity index (χ0v) is 12.1. The summed E-state index contributed by atoms with van der Waals surface area (Å²) in [6.45, 7) is 3.59. The first kappa shape index (κ1) is 13.0. The predicted octanol–water partition coefficient (Wildman–Crippen LogP) is 3.82. The van der Waals surface area contributed by atoms with E-state index >= 15 is 0 Å². The number of benzene rings is 1. The Labute approximate surface area is 116 Å². The van der Waals surface area contributed by atoms with Crippen LogP contribution in [0.5, 0.6) is 5.75 Å². The molecule has 1 aromatic carbocycles. The van der Waals surface area contributed by atoms with Crippen molar-refractivity contribution in [2.45, 2.75) is 57.0 Å². The maximum absolute atomic E-state index is 5.36. The van der Waals surface area contributed by atoms with Gasteiger partial charge in [-0.05, 0) is 62.3 Å². The van der Waals surface area contributed by atoms with Crippen LogP contribution in [0.2, 0.25) is 0 Å². The molecule has 2 bridgehead atoms. The van der Waals surface area contributed by atoms with Crippen LogP contribution in [0, 0.1) is 0 Å². The number of nitrogens with zero attached hydrogens (tertiary/aromatic N) is 1. The molecule has 2 aliphatic rings. The minimum atomic E-state index is 0.737. The lowest BCUT2D eigenvalue weighted by molar-refractivity contribution is 0.127. The van der Waals surface area contributed by atoms with Crippen LogP contribution in [-0.4, -0.2) is 30.6 Å². The fourth-order valence-electron chi connectivity index (χ4n) is 4.07. The molecule has 104 valence electrons. The Morgan fingerprint density at radius 2 is 1.95 bits per heavy atom. The largest absolute Gasteiger partial charge is 0.497 e. The molecular weight excluding hydrogens is 234 g/mol. The Kier molecular flexibility index (Phi) is 3.79.